The molecule has 0 aromatic heterocycles. The van der Waals surface area contributed by atoms with E-state index in [2.05, 4.69) is 10.6 Å². The summed E-state index contributed by atoms with van der Waals surface area (Å²) < 4.78 is 0. The van der Waals surface area contributed by atoms with Crippen molar-refractivity contribution >= 4 is 11.8 Å². The molecule has 2 rings (SSSR count). The molecule has 2 heterocycles. The van der Waals surface area contributed by atoms with E-state index >= 15 is 0 Å². The van der Waals surface area contributed by atoms with E-state index < -0.39 is 0 Å². The zero-order valence-corrected chi connectivity index (χ0v) is 9.66. The van der Waals surface area contributed by atoms with Crippen molar-refractivity contribution in [1.82, 2.24) is 15.5 Å². The largest absolute Gasteiger partial charge is 0.354 e. The van der Waals surface area contributed by atoms with Gasteiger partial charge in [0, 0.05) is 19.0 Å². The third-order valence-corrected chi connectivity index (χ3v) is 3.48. The molecule has 2 aliphatic rings. The Morgan fingerprint density at radius 3 is 2.88 bits per heavy atom. The smallest absolute Gasteiger partial charge is 0.239 e. The molecule has 2 fully saturated rings. The second-order valence-electron chi connectivity index (χ2n) is 4.67. The van der Waals surface area contributed by atoms with Gasteiger partial charge < -0.3 is 15.5 Å². The first kappa shape index (κ1) is 11.4. The number of amides is 2. The predicted molar refractivity (Wildman–Crippen MR) is 59.7 cm³/mol. The molecular weight excluding hydrogens is 206 g/mol. The Balaban J connectivity index is 1.93. The Morgan fingerprint density at radius 1 is 1.50 bits per heavy atom. The van der Waals surface area contributed by atoms with Gasteiger partial charge in [-0.3, -0.25) is 9.59 Å². The molecule has 0 aliphatic carbocycles. The van der Waals surface area contributed by atoms with Gasteiger partial charge in [0.1, 0.15) is 0 Å². The third kappa shape index (κ3) is 2.35. The summed E-state index contributed by atoms with van der Waals surface area (Å²) in [4.78, 5) is 25.2. The summed E-state index contributed by atoms with van der Waals surface area (Å²) in [7, 11) is 0. The fourth-order valence-electron chi connectivity index (χ4n) is 2.15. The lowest BCUT2D eigenvalue weighted by molar-refractivity contribution is -0.140. The van der Waals surface area contributed by atoms with Crippen molar-refractivity contribution in [1.29, 1.82) is 0 Å². The predicted octanol–water partition coefficient (Wildman–Crippen LogP) is -0.810. The third-order valence-electron chi connectivity index (χ3n) is 3.48. The number of rotatable bonds is 2. The van der Waals surface area contributed by atoms with Crippen molar-refractivity contribution in [2.45, 2.75) is 13.3 Å². The average Bonchev–Trinajstić information content (AvgIpc) is 2.39. The van der Waals surface area contributed by atoms with Gasteiger partial charge in [-0.25, -0.2) is 0 Å². The molecular formula is C11H19N3O2. The van der Waals surface area contributed by atoms with Crippen molar-refractivity contribution < 1.29 is 9.59 Å². The Morgan fingerprint density at radius 2 is 2.25 bits per heavy atom. The summed E-state index contributed by atoms with van der Waals surface area (Å²) in [5.74, 6) is 0.569. The Kier molecular flexibility index (Phi) is 3.43. The SMILES string of the molecule is CC(C(=O)N1CCCNC(=O)C1)C1CNC1. The van der Waals surface area contributed by atoms with Gasteiger partial charge in [0.05, 0.1) is 6.54 Å². The number of hydrogen-bond donors (Lipinski definition) is 2. The molecule has 90 valence electrons. The summed E-state index contributed by atoms with van der Waals surface area (Å²) in [5, 5.41) is 5.95. The van der Waals surface area contributed by atoms with Gasteiger partial charge in [0.2, 0.25) is 11.8 Å². The maximum atomic E-state index is 12.1. The number of hydrogen-bond acceptors (Lipinski definition) is 3. The first-order chi connectivity index (χ1) is 7.68. The van der Waals surface area contributed by atoms with Crippen LogP contribution in [0.25, 0.3) is 0 Å². The van der Waals surface area contributed by atoms with Crippen LogP contribution in [-0.2, 0) is 9.59 Å². The van der Waals surface area contributed by atoms with Crippen molar-refractivity contribution in [3.8, 4) is 0 Å². The second-order valence-corrected chi connectivity index (χ2v) is 4.67. The van der Waals surface area contributed by atoms with Crippen LogP contribution in [0.2, 0.25) is 0 Å². The van der Waals surface area contributed by atoms with Crippen LogP contribution in [0.4, 0.5) is 0 Å². The highest BCUT2D eigenvalue weighted by Gasteiger charge is 2.32. The Labute approximate surface area is 95.6 Å². The van der Waals surface area contributed by atoms with Gasteiger partial charge in [0.25, 0.3) is 0 Å². The molecule has 0 bridgehead atoms. The van der Waals surface area contributed by atoms with Gasteiger partial charge in [-0.05, 0) is 25.4 Å². The molecule has 0 spiro atoms. The Bertz CT molecular complexity index is 289. The van der Waals surface area contributed by atoms with Gasteiger partial charge in [-0.1, -0.05) is 6.92 Å². The second kappa shape index (κ2) is 4.82. The van der Waals surface area contributed by atoms with Crippen molar-refractivity contribution in [3.05, 3.63) is 0 Å². The molecule has 5 nitrogen and oxygen atoms in total. The molecule has 2 N–H and O–H groups in total. The molecule has 2 saturated heterocycles. The molecule has 0 aromatic rings. The first-order valence-electron chi connectivity index (χ1n) is 5.94. The van der Waals surface area contributed by atoms with E-state index in [1.54, 1.807) is 4.90 Å². The zero-order valence-electron chi connectivity index (χ0n) is 9.66. The maximum Gasteiger partial charge on any atom is 0.239 e. The number of nitrogens with zero attached hydrogens (tertiary/aromatic N) is 1. The lowest BCUT2D eigenvalue weighted by Gasteiger charge is -2.34. The van der Waals surface area contributed by atoms with Crippen molar-refractivity contribution in [3.63, 3.8) is 0 Å². The van der Waals surface area contributed by atoms with Crippen molar-refractivity contribution in [2.75, 3.05) is 32.7 Å². The summed E-state index contributed by atoms with van der Waals surface area (Å²) in [6.07, 6.45) is 0.854. The van der Waals surface area contributed by atoms with Crippen LogP contribution in [0.1, 0.15) is 13.3 Å². The van der Waals surface area contributed by atoms with E-state index in [-0.39, 0.29) is 24.3 Å². The quantitative estimate of drug-likeness (QED) is 0.646. The topological polar surface area (TPSA) is 61.4 Å². The summed E-state index contributed by atoms with van der Waals surface area (Å²) in [5.41, 5.74) is 0. The van der Waals surface area contributed by atoms with Crippen LogP contribution in [0.3, 0.4) is 0 Å². The summed E-state index contributed by atoms with van der Waals surface area (Å²) in [6, 6.07) is 0. The van der Waals surface area contributed by atoms with Gasteiger partial charge >= 0.3 is 0 Å². The fourth-order valence-corrected chi connectivity index (χ4v) is 2.15. The van der Waals surface area contributed by atoms with Crippen LogP contribution < -0.4 is 10.6 Å². The van der Waals surface area contributed by atoms with Crippen LogP contribution in [0, 0.1) is 11.8 Å². The highest BCUT2D eigenvalue weighted by molar-refractivity contribution is 5.86. The molecule has 2 aliphatic heterocycles. The molecule has 2 amide bonds. The zero-order chi connectivity index (χ0) is 11.5. The molecule has 5 heteroatoms. The molecule has 1 unspecified atom stereocenters. The highest BCUT2D eigenvalue weighted by Crippen LogP contribution is 2.18. The standard InChI is InChI=1S/C11H19N3O2/c1-8(9-5-12-6-9)11(16)14-4-2-3-13-10(15)7-14/h8-9,12H,2-7H2,1H3,(H,13,15). The van der Waals surface area contributed by atoms with Gasteiger partial charge in [0.15, 0.2) is 0 Å². The minimum absolute atomic E-state index is 0.0344. The number of carbonyl (C=O) groups excluding carboxylic acids is 2. The van der Waals surface area contributed by atoms with E-state index in [1.807, 2.05) is 6.92 Å². The molecule has 0 saturated carbocycles. The van der Waals surface area contributed by atoms with E-state index in [9.17, 15) is 9.59 Å². The van der Waals surface area contributed by atoms with E-state index in [0.717, 1.165) is 19.5 Å². The molecule has 16 heavy (non-hydrogen) atoms. The Hall–Kier alpha value is -1.10. The summed E-state index contributed by atoms with van der Waals surface area (Å²) in [6.45, 7) is 5.42. The fraction of sp³-hybridized carbons (Fsp3) is 0.818. The lowest BCUT2D eigenvalue weighted by atomic mass is 9.88. The average molecular weight is 225 g/mol. The number of nitrogens with one attached hydrogen (secondary N) is 2. The minimum atomic E-state index is -0.0372. The van der Waals surface area contributed by atoms with Crippen LogP contribution in [0.15, 0.2) is 0 Å². The van der Waals surface area contributed by atoms with Crippen LogP contribution in [-0.4, -0.2) is 49.4 Å². The minimum Gasteiger partial charge on any atom is -0.354 e. The van der Waals surface area contributed by atoms with Crippen LogP contribution in [0.5, 0.6) is 0 Å². The van der Waals surface area contributed by atoms with E-state index in [0.29, 0.717) is 19.0 Å². The monoisotopic (exact) mass is 225 g/mol. The number of carbonyl (C=O) groups is 2. The lowest BCUT2D eigenvalue weighted by Crippen LogP contribution is -2.51. The van der Waals surface area contributed by atoms with Gasteiger partial charge in [-0.15, -0.1) is 0 Å². The molecule has 0 aromatic carbocycles. The normalized spacial score (nSPS) is 24.3. The van der Waals surface area contributed by atoms with Crippen LogP contribution >= 0.6 is 0 Å². The molecule has 1 atom stereocenters. The maximum absolute atomic E-state index is 12.1. The highest BCUT2D eigenvalue weighted by atomic mass is 16.2. The van der Waals surface area contributed by atoms with Gasteiger partial charge in [-0.2, -0.15) is 0 Å². The van der Waals surface area contributed by atoms with E-state index in [4.69, 9.17) is 0 Å². The molecule has 0 radical (unpaired) electrons. The summed E-state index contributed by atoms with van der Waals surface area (Å²) >= 11 is 0. The van der Waals surface area contributed by atoms with Crippen molar-refractivity contribution in [2.24, 2.45) is 11.8 Å². The first-order valence-corrected chi connectivity index (χ1v) is 5.94. The van der Waals surface area contributed by atoms with E-state index in [1.165, 1.54) is 0 Å².